The van der Waals surface area contributed by atoms with Crippen LogP contribution in [-0.4, -0.2) is 162 Å². The van der Waals surface area contributed by atoms with Gasteiger partial charge in [-0.25, -0.2) is 24.0 Å². The van der Waals surface area contributed by atoms with E-state index < -0.39 is 70.4 Å². The summed E-state index contributed by atoms with van der Waals surface area (Å²) in [5.74, 6) is 0.819. The average molecular weight is 1820 g/mol. The molecular formula is C95H117F3N12O19S. The molecule has 0 radical (unpaired) electrons. The number of alkyl halides is 3. The van der Waals surface area contributed by atoms with Crippen molar-refractivity contribution in [2.45, 2.75) is 166 Å². The van der Waals surface area contributed by atoms with E-state index in [1.54, 1.807) is 80.0 Å². The van der Waals surface area contributed by atoms with Crippen LogP contribution in [0.2, 0.25) is 0 Å². The van der Waals surface area contributed by atoms with E-state index in [1.807, 2.05) is 133 Å². The average Bonchev–Trinajstić information content (AvgIpc) is 1.65. The van der Waals surface area contributed by atoms with Gasteiger partial charge in [0.25, 0.3) is 0 Å². The predicted octanol–water partition coefficient (Wildman–Crippen LogP) is 19.2. The van der Waals surface area contributed by atoms with Gasteiger partial charge in [0, 0.05) is 63.3 Å². The SMILES string of the molecule is COC(=O)COC(=O)OCO/C(=C(/C#N)c1ccc(C(C)(C)C)cc1)c1c(C)c(C)nn1C.COCCOC(=O)OCO/C(=C(/C#N)c1ccc(C(C)(C)C)cc1)c1c(C)c(C)nn1C.CSCCOC(=O)OCO/C(=C(/C#N)c1ccc(C(C)(C)C)cc1)c1c(C)c(C)nn1C.Cc1nn(C)c(/C(OCOC(=O)OCC(F)(F)F)=C(\C#N)c2ccc(C(C)(C)C)cc2)c1C. The summed E-state index contributed by atoms with van der Waals surface area (Å²) >= 11 is 1.56. The van der Waals surface area contributed by atoms with E-state index in [1.165, 1.54) is 18.9 Å². The fourth-order valence-electron chi connectivity index (χ4n) is 12.3. The predicted molar refractivity (Wildman–Crippen MR) is 483 cm³/mol. The van der Waals surface area contributed by atoms with Crippen LogP contribution in [0.1, 0.15) is 195 Å². The minimum atomic E-state index is -4.68. The molecule has 31 nitrogen and oxygen atoms in total. The summed E-state index contributed by atoms with van der Waals surface area (Å²) in [4.78, 5) is 57.8. The second-order valence-corrected chi connectivity index (χ2v) is 34.4. The number of rotatable bonds is 29. The smallest absolute Gasteiger partial charge is 0.466 e. The number of hydrogen-bond acceptors (Lipinski definition) is 28. The molecule has 0 atom stereocenters. The topological polar surface area (TPSA) is 381 Å². The molecule has 0 spiro atoms. The number of ether oxygens (including phenoxy) is 14. The van der Waals surface area contributed by atoms with Crippen molar-refractivity contribution in [3.63, 3.8) is 0 Å². The summed E-state index contributed by atoms with van der Waals surface area (Å²) in [6.07, 6.45) is -7.11. The van der Waals surface area contributed by atoms with Gasteiger partial charge in [0.1, 0.15) is 82.6 Å². The van der Waals surface area contributed by atoms with E-state index in [0.717, 1.165) is 61.6 Å². The Morgan fingerprint density at radius 2 is 0.592 bits per heavy atom. The zero-order chi connectivity index (χ0) is 97.5. The summed E-state index contributed by atoms with van der Waals surface area (Å²) in [7, 11) is 9.64. The summed E-state index contributed by atoms with van der Waals surface area (Å²) < 4.78 is 113. The number of esters is 1. The normalized spacial score (nSPS) is 12.1. The molecule has 0 saturated heterocycles. The lowest BCUT2D eigenvalue weighted by Crippen LogP contribution is -2.21. The van der Waals surface area contributed by atoms with E-state index in [9.17, 15) is 58.2 Å². The summed E-state index contributed by atoms with van der Waals surface area (Å²) in [6, 6.07) is 39.4. The highest BCUT2D eigenvalue weighted by Gasteiger charge is 2.32. The van der Waals surface area contributed by atoms with Gasteiger partial charge in [0.05, 0.1) is 36.5 Å². The van der Waals surface area contributed by atoms with E-state index in [-0.39, 0.29) is 76.7 Å². The van der Waals surface area contributed by atoms with Crippen molar-refractivity contribution in [3.8, 4) is 24.3 Å². The van der Waals surface area contributed by atoms with Crippen LogP contribution in [0.4, 0.5) is 32.3 Å². The first-order valence-electron chi connectivity index (χ1n) is 40.8. The number of allylic oxidation sites excluding steroid dienone is 4. The van der Waals surface area contributed by atoms with Gasteiger partial charge in [-0.15, -0.1) is 0 Å². The van der Waals surface area contributed by atoms with E-state index in [2.05, 4.69) is 147 Å². The Morgan fingerprint density at radius 3 is 0.792 bits per heavy atom. The molecule has 0 amide bonds. The van der Waals surface area contributed by atoms with Crippen LogP contribution >= 0.6 is 11.8 Å². The standard InChI is InChI=1S/C24H29N3O6.C24H31N3O5.C24H31N3O4S.C23H26F3N3O4/c1-15-16(2)26-27(6)21(15)22(32-14-33-23(29)31-13-20(28)30-7)19(12-25)17-8-10-18(11-9-17)24(3,4)5;1-16-17(2)26-27(6)21(16)22(31-15-32-23(28)30-13-12-29-7)20(14-25)18-8-10-19(11-9-18)24(3,4)5;1-16-17(2)26-27(6)21(16)22(30-15-31-23(28)29-12-13-32-7)20(14-25)18-8-10-19(11-9-18)24(3,4)5;1-14-15(2)28-29(6)19(14)20(32-13-33-21(30)31-12-23(24,25)26)18(11-27)16-7-9-17(10-8-16)22(3,4)5/h8-11H,13-14H2,1-7H3;2*8-11H,12-13,15H2,1-7H3;7-10H,12-13H2,1-6H3/b22-19-;2*22-20-;20-18-. The number of halogens is 3. The maximum absolute atomic E-state index is 12.2. The highest BCUT2D eigenvalue weighted by molar-refractivity contribution is 7.98. The molecule has 698 valence electrons. The first-order chi connectivity index (χ1) is 60.9. The number of nitriles is 4. The van der Waals surface area contributed by atoms with Crippen molar-refractivity contribution >= 4 is 87.7 Å². The zero-order valence-electron chi connectivity index (χ0n) is 79.0. The maximum Gasteiger partial charge on any atom is 0.511 e. The van der Waals surface area contributed by atoms with Crippen LogP contribution in [0.25, 0.3) is 45.3 Å². The molecule has 4 aromatic carbocycles. The van der Waals surface area contributed by atoms with Gasteiger partial charge in [-0.05, 0) is 128 Å². The Morgan fingerprint density at radius 1 is 0.354 bits per heavy atom. The van der Waals surface area contributed by atoms with Crippen LogP contribution in [0.3, 0.4) is 0 Å². The van der Waals surface area contributed by atoms with Crippen molar-refractivity contribution in [3.05, 3.63) is 209 Å². The molecule has 0 N–H and O–H groups in total. The number of aromatic nitrogens is 8. The van der Waals surface area contributed by atoms with Gasteiger partial charge in [0.2, 0.25) is 27.2 Å². The fraction of sp³-hybridized carbons (Fsp3) is 0.442. The monoisotopic (exact) mass is 1820 g/mol. The highest BCUT2D eigenvalue weighted by atomic mass is 32.2. The number of aryl methyl sites for hydroxylation is 8. The minimum absolute atomic E-state index is 0.00535. The van der Waals surface area contributed by atoms with Crippen molar-refractivity contribution < 1.29 is 103 Å². The number of carbonyl (C=O) groups is 5. The molecule has 0 aliphatic heterocycles. The van der Waals surface area contributed by atoms with Gasteiger partial charge >= 0.3 is 36.8 Å². The second-order valence-electron chi connectivity index (χ2n) is 33.4. The number of benzene rings is 4. The van der Waals surface area contributed by atoms with Crippen LogP contribution in [-0.2, 0) is 121 Å². The number of thioether (sulfide) groups is 1. The molecule has 8 aromatic rings. The number of methoxy groups -OCH3 is 2. The Hall–Kier alpha value is -13.5. The second kappa shape index (κ2) is 48.6. The highest BCUT2D eigenvalue weighted by Crippen LogP contribution is 2.38. The molecule has 130 heavy (non-hydrogen) atoms. The first-order valence-corrected chi connectivity index (χ1v) is 42.2. The molecule has 0 aliphatic rings. The fourth-order valence-corrected chi connectivity index (χ4v) is 12.6. The van der Waals surface area contributed by atoms with E-state index in [0.29, 0.717) is 73.4 Å². The van der Waals surface area contributed by atoms with Gasteiger partial charge in [-0.1, -0.05) is 180 Å². The van der Waals surface area contributed by atoms with Gasteiger partial charge in [-0.3, -0.25) is 18.7 Å². The van der Waals surface area contributed by atoms with Gasteiger partial charge in [-0.2, -0.15) is 66.4 Å². The van der Waals surface area contributed by atoms with Crippen molar-refractivity contribution in [2.75, 3.05) is 86.4 Å². The quantitative estimate of drug-likeness (QED) is 0.0105. The van der Waals surface area contributed by atoms with Crippen molar-refractivity contribution in [2.24, 2.45) is 28.2 Å². The lowest BCUT2D eigenvalue weighted by atomic mass is 9.86. The number of nitrogens with zero attached hydrogens (tertiary/aromatic N) is 12. The molecule has 0 saturated carbocycles. The van der Waals surface area contributed by atoms with Crippen LogP contribution in [0, 0.1) is 101 Å². The zero-order valence-corrected chi connectivity index (χ0v) is 79.8. The summed E-state index contributed by atoms with van der Waals surface area (Å²) in [5.41, 5.74) is 16.7. The molecular weight excluding hydrogens is 1700 g/mol. The molecule has 4 heterocycles. The van der Waals surface area contributed by atoms with E-state index in [4.69, 9.17) is 47.4 Å². The molecule has 0 aliphatic carbocycles. The lowest BCUT2D eigenvalue weighted by molar-refractivity contribution is -0.167. The van der Waals surface area contributed by atoms with Crippen molar-refractivity contribution in [1.29, 1.82) is 21.0 Å². The third-order valence-corrected chi connectivity index (χ3v) is 20.5. The van der Waals surface area contributed by atoms with Crippen LogP contribution in [0.5, 0.6) is 0 Å². The molecule has 0 fully saturated rings. The summed E-state index contributed by atoms with van der Waals surface area (Å²) in [5, 5.41) is 57.6. The Labute approximate surface area is 762 Å². The third kappa shape index (κ3) is 31.2. The van der Waals surface area contributed by atoms with Crippen molar-refractivity contribution in [1.82, 2.24) is 39.1 Å². The van der Waals surface area contributed by atoms with Crippen LogP contribution < -0.4 is 0 Å². The summed E-state index contributed by atoms with van der Waals surface area (Å²) in [6.45, 7) is 36.3. The molecule has 4 aromatic heterocycles. The molecule has 8 rings (SSSR count). The Kier molecular flexibility index (Phi) is 40.0. The van der Waals surface area contributed by atoms with E-state index >= 15 is 0 Å². The first kappa shape index (κ1) is 107. The number of carbonyl (C=O) groups excluding carboxylic acids is 5. The van der Waals surface area contributed by atoms with Gasteiger partial charge < -0.3 is 66.3 Å². The molecule has 0 unspecified atom stereocenters. The molecule has 0 bridgehead atoms. The molecule has 35 heteroatoms. The third-order valence-electron chi connectivity index (χ3n) is 19.9. The number of hydrogen-bond donors (Lipinski definition) is 0. The maximum atomic E-state index is 12.2. The largest absolute Gasteiger partial charge is 0.511 e. The Balaban J connectivity index is 0.000000307. The lowest BCUT2D eigenvalue weighted by Gasteiger charge is -2.19. The Bertz CT molecular complexity index is 5380. The minimum Gasteiger partial charge on any atom is -0.466 e. The van der Waals surface area contributed by atoms with Gasteiger partial charge in [0.15, 0.2) is 36.3 Å². The van der Waals surface area contributed by atoms with Crippen LogP contribution in [0.15, 0.2) is 97.1 Å².